The fourth-order valence-corrected chi connectivity index (χ4v) is 3.80. The second kappa shape index (κ2) is 9.47. The number of hydrogen-bond acceptors (Lipinski definition) is 4. The van der Waals surface area contributed by atoms with Crippen molar-refractivity contribution in [2.24, 2.45) is 7.05 Å². The van der Waals surface area contributed by atoms with Crippen LogP contribution in [-0.4, -0.2) is 22.3 Å². The number of nitrogens with one attached hydrogen (secondary N) is 1. The smallest absolute Gasteiger partial charge is 0.274 e. The van der Waals surface area contributed by atoms with E-state index in [1.165, 1.54) is 4.68 Å². The van der Waals surface area contributed by atoms with E-state index in [0.29, 0.717) is 23.1 Å². The van der Waals surface area contributed by atoms with Crippen molar-refractivity contribution >= 4 is 16.7 Å². The molecule has 0 spiro atoms. The van der Waals surface area contributed by atoms with Gasteiger partial charge in [0.15, 0.2) is 0 Å². The summed E-state index contributed by atoms with van der Waals surface area (Å²) in [5, 5.41) is 8.75. The zero-order valence-electron chi connectivity index (χ0n) is 18.1. The standard InChI is InChI=1S/C26H25N3O3/c1-3-32-20-15-13-19(14-16-20)25(18-9-5-4-6-10-18)27-24(30)17-23-21-11-7-8-12-22(21)26(31)29(2)28-23/h4-16,25H,3,17H2,1-2H3,(H,27,30). The average Bonchev–Trinajstić information content (AvgIpc) is 2.82. The lowest BCUT2D eigenvalue weighted by atomic mass is 9.98. The Morgan fingerprint density at radius 2 is 1.56 bits per heavy atom. The average molecular weight is 428 g/mol. The summed E-state index contributed by atoms with van der Waals surface area (Å²) < 4.78 is 6.83. The molecule has 1 heterocycles. The van der Waals surface area contributed by atoms with Crippen LogP contribution in [0.4, 0.5) is 0 Å². The topological polar surface area (TPSA) is 73.2 Å². The van der Waals surface area contributed by atoms with Crippen molar-refractivity contribution in [3.05, 3.63) is 106 Å². The van der Waals surface area contributed by atoms with Gasteiger partial charge in [0.1, 0.15) is 5.75 Å². The number of rotatable bonds is 7. The number of hydrogen-bond donors (Lipinski definition) is 1. The molecule has 0 bridgehead atoms. The summed E-state index contributed by atoms with van der Waals surface area (Å²) in [5.74, 6) is 0.610. The van der Waals surface area contributed by atoms with E-state index in [-0.39, 0.29) is 23.9 Å². The number of carbonyl (C=O) groups is 1. The fraction of sp³-hybridized carbons (Fsp3) is 0.192. The van der Waals surface area contributed by atoms with E-state index in [1.807, 2.05) is 79.7 Å². The molecule has 3 aromatic carbocycles. The van der Waals surface area contributed by atoms with Crippen LogP contribution in [0.1, 0.15) is 29.8 Å². The zero-order valence-corrected chi connectivity index (χ0v) is 18.1. The number of amides is 1. The Bertz CT molecular complexity index is 1280. The van der Waals surface area contributed by atoms with Gasteiger partial charge in [0.05, 0.1) is 30.1 Å². The van der Waals surface area contributed by atoms with E-state index in [1.54, 1.807) is 13.1 Å². The highest BCUT2D eigenvalue weighted by atomic mass is 16.5. The van der Waals surface area contributed by atoms with Crippen molar-refractivity contribution in [2.45, 2.75) is 19.4 Å². The van der Waals surface area contributed by atoms with Crippen molar-refractivity contribution in [2.75, 3.05) is 6.61 Å². The van der Waals surface area contributed by atoms with E-state index >= 15 is 0 Å². The molecule has 0 aliphatic rings. The van der Waals surface area contributed by atoms with Crippen LogP contribution in [0.15, 0.2) is 83.7 Å². The molecule has 6 nitrogen and oxygen atoms in total. The molecule has 4 rings (SSSR count). The first kappa shape index (κ1) is 21.3. The number of fused-ring (bicyclic) bond motifs is 1. The van der Waals surface area contributed by atoms with E-state index in [2.05, 4.69) is 10.4 Å². The van der Waals surface area contributed by atoms with E-state index < -0.39 is 0 Å². The van der Waals surface area contributed by atoms with Crippen molar-refractivity contribution < 1.29 is 9.53 Å². The van der Waals surface area contributed by atoms with Crippen LogP contribution < -0.4 is 15.6 Å². The summed E-state index contributed by atoms with van der Waals surface area (Å²) in [7, 11) is 1.60. The monoisotopic (exact) mass is 427 g/mol. The number of benzene rings is 3. The van der Waals surface area contributed by atoms with Crippen LogP contribution in [0.5, 0.6) is 5.75 Å². The summed E-state index contributed by atoms with van der Waals surface area (Å²) >= 11 is 0. The molecule has 0 aliphatic carbocycles. The minimum absolute atomic E-state index is 0.0645. The molecule has 0 aliphatic heterocycles. The SMILES string of the molecule is CCOc1ccc(C(NC(=O)Cc2nn(C)c(=O)c3ccccc23)c2ccccc2)cc1. The summed E-state index contributed by atoms with van der Waals surface area (Å²) in [6, 6.07) is 24.5. The van der Waals surface area contributed by atoms with Gasteiger partial charge in [-0.3, -0.25) is 9.59 Å². The maximum absolute atomic E-state index is 13.1. The third-order valence-corrected chi connectivity index (χ3v) is 5.32. The number of ether oxygens (including phenoxy) is 1. The highest BCUT2D eigenvalue weighted by Crippen LogP contribution is 2.24. The second-order valence-electron chi connectivity index (χ2n) is 7.51. The van der Waals surface area contributed by atoms with Gasteiger partial charge in [-0.1, -0.05) is 60.7 Å². The Morgan fingerprint density at radius 1 is 0.938 bits per heavy atom. The van der Waals surface area contributed by atoms with Gasteiger partial charge in [0, 0.05) is 12.4 Å². The van der Waals surface area contributed by atoms with Gasteiger partial charge in [-0.2, -0.15) is 5.10 Å². The molecular formula is C26H25N3O3. The Labute approximate surface area is 186 Å². The molecular weight excluding hydrogens is 402 g/mol. The molecule has 6 heteroatoms. The lowest BCUT2D eigenvalue weighted by Gasteiger charge is -2.20. The van der Waals surface area contributed by atoms with Crippen molar-refractivity contribution in [1.82, 2.24) is 15.1 Å². The zero-order chi connectivity index (χ0) is 22.5. The van der Waals surface area contributed by atoms with Gasteiger partial charge in [0.2, 0.25) is 5.91 Å². The predicted octanol–water partition coefficient (Wildman–Crippen LogP) is 3.78. The summed E-state index contributed by atoms with van der Waals surface area (Å²) in [6.45, 7) is 2.54. The molecule has 1 aromatic heterocycles. The molecule has 4 aromatic rings. The van der Waals surface area contributed by atoms with Gasteiger partial charge >= 0.3 is 0 Å². The summed E-state index contributed by atoms with van der Waals surface area (Å²) in [5.41, 5.74) is 2.31. The van der Waals surface area contributed by atoms with Crippen LogP contribution in [0.2, 0.25) is 0 Å². The highest BCUT2D eigenvalue weighted by molar-refractivity contribution is 5.88. The molecule has 0 fully saturated rings. The molecule has 1 atom stereocenters. The maximum Gasteiger partial charge on any atom is 0.274 e. The largest absolute Gasteiger partial charge is 0.494 e. The van der Waals surface area contributed by atoms with Crippen LogP contribution in [0.3, 0.4) is 0 Å². The Balaban J connectivity index is 1.63. The van der Waals surface area contributed by atoms with Crippen molar-refractivity contribution in [1.29, 1.82) is 0 Å². The number of carbonyl (C=O) groups excluding carboxylic acids is 1. The summed E-state index contributed by atoms with van der Waals surface area (Å²) in [6.07, 6.45) is 0.0645. The minimum Gasteiger partial charge on any atom is -0.494 e. The normalized spacial score (nSPS) is 11.8. The van der Waals surface area contributed by atoms with Crippen LogP contribution in [0.25, 0.3) is 10.8 Å². The molecule has 1 N–H and O–H groups in total. The molecule has 0 saturated carbocycles. The van der Waals surface area contributed by atoms with Gasteiger partial charge in [-0.15, -0.1) is 0 Å². The number of aromatic nitrogens is 2. The fourth-order valence-electron chi connectivity index (χ4n) is 3.80. The van der Waals surface area contributed by atoms with Gasteiger partial charge < -0.3 is 10.1 Å². The van der Waals surface area contributed by atoms with E-state index in [0.717, 1.165) is 16.9 Å². The lowest BCUT2D eigenvalue weighted by Crippen LogP contribution is -2.32. The van der Waals surface area contributed by atoms with Gasteiger partial charge in [0.25, 0.3) is 5.56 Å². The quantitative estimate of drug-likeness (QED) is 0.487. The second-order valence-corrected chi connectivity index (χ2v) is 7.51. The Kier molecular flexibility index (Phi) is 6.31. The van der Waals surface area contributed by atoms with Crippen LogP contribution >= 0.6 is 0 Å². The number of nitrogens with zero attached hydrogens (tertiary/aromatic N) is 2. The summed E-state index contributed by atoms with van der Waals surface area (Å²) in [4.78, 5) is 25.5. The third-order valence-electron chi connectivity index (χ3n) is 5.32. The van der Waals surface area contributed by atoms with Crippen LogP contribution in [-0.2, 0) is 18.3 Å². The lowest BCUT2D eigenvalue weighted by molar-refractivity contribution is -0.121. The Morgan fingerprint density at radius 3 is 2.25 bits per heavy atom. The molecule has 1 amide bonds. The molecule has 0 saturated heterocycles. The van der Waals surface area contributed by atoms with Gasteiger partial charge in [-0.25, -0.2) is 4.68 Å². The van der Waals surface area contributed by atoms with Gasteiger partial charge in [-0.05, 0) is 36.2 Å². The van der Waals surface area contributed by atoms with Crippen molar-refractivity contribution in [3.8, 4) is 5.75 Å². The molecule has 162 valence electrons. The molecule has 32 heavy (non-hydrogen) atoms. The minimum atomic E-state index is -0.321. The van der Waals surface area contributed by atoms with Crippen molar-refractivity contribution in [3.63, 3.8) is 0 Å². The predicted molar refractivity (Wildman–Crippen MR) is 125 cm³/mol. The van der Waals surface area contributed by atoms with E-state index in [9.17, 15) is 9.59 Å². The molecule has 1 unspecified atom stereocenters. The first-order chi connectivity index (χ1) is 15.6. The number of aryl methyl sites for hydroxylation is 1. The first-order valence-electron chi connectivity index (χ1n) is 10.6. The highest BCUT2D eigenvalue weighted by Gasteiger charge is 2.19. The Hall–Kier alpha value is -3.93. The first-order valence-corrected chi connectivity index (χ1v) is 10.6. The molecule has 0 radical (unpaired) electrons. The van der Waals surface area contributed by atoms with Crippen LogP contribution in [0, 0.1) is 0 Å². The third kappa shape index (κ3) is 4.54. The maximum atomic E-state index is 13.1. The van der Waals surface area contributed by atoms with E-state index in [4.69, 9.17) is 4.74 Å².